The Balaban J connectivity index is 1.36. The first-order chi connectivity index (χ1) is 14.5. The Morgan fingerprint density at radius 1 is 1.17 bits per heavy atom. The molecule has 0 saturated carbocycles. The van der Waals surface area contributed by atoms with Crippen molar-refractivity contribution in [3.63, 3.8) is 0 Å². The molecule has 152 valence electrons. The fourth-order valence-electron chi connectivity index (χ4n) is 4.12. The van der Waals surface area contributed by atoms with Crippen LogP contribution in [0.2, 0.25) is 0 Å². The first kappa shape index (κ1) is 20.1. The lowest BCUT2D eigenvalue weighted by atomic mass is 9.98. The number of aromatic amines is 1. The topological polar surface area (TPSA) is 59.9 Å². The second-order valence-electron chi connectivity index (χ2n) is 7.88. The minimum atomic E-state index is -0.378. The molecular formula is C25H24FN3O. The Hall–Kier alpha value is -3.23. The number of hydrogen-bond acceptors (Lipinski definition) is 3. The highest BCUT2D eigenvalue weighted by molar-refractivity contribution is 5.85. The van der Waals surface area contributed by atoms with E-state index in [9.17, 15) is 9.18 Å². The zero-order valence-electron chi connectivity index (χ0n) is 17.0. The molecule has 3 aromatic rings. The number of nitrogens with zero attached hydrogens (tertiary/aromatic N) is 2. The molecule has 0 bridgehead atoms. The molecule has 0 spiro atoms. The summed E-state index contributed by atoms with van der Waals surface area (Å²) in [5.41, 5.74) is 4.66. The molecule has 4 nitrogen and oxygen atoms in total. The molecule has 1 aliphatic rings. The number of halogens is 1. The van der Waals surface area contributed by atoms with Gasteiger partial charge in [0.05, 0.1) is 17.0 Å². The minimum Gasteiger partial charge on any atom is -0.326 e. The molecule has 2 aromatic carbocycles. The number of H-pyrrole nitrogens is 1. The van der Waals surface area contributed by atoms with Gasteiger partial charge in [-0.1, -0.05) is 18.2 Å². The quantitative estimate of drug-likeness (QED) is 0.681. The average molecular weight is 401 g/mol. The van der Waals surface area contributed by atoms with E-state index in [-0.39, 0.29) is 11.4 Å². The van der Waals surface area contributed by atoms with Crippen molar-refractivity contribution in [1.82, 2.24) is 9.88 Å². The van der Waals surface area contributed by atoms with Gasteiger partial charge in [-0.05, 0) is 85.1 Å². The molecule has 30 heavy (non-hydrogen) atoms. The van der Waals surface area contributed by atoms with Gasteiger partial charge in [0, 0.05) is 18.8 Å². The van der Waals surface area contributed by atoms with Gasteiger partial charge < -0.3 is 4.98 Å². The van der Waals surface area contributed by atoms with Crippen LogP contribution in [0, 0.1) is 24.1 Å². The Labute approximate surface area is 175 Å². The largest absolute Gasteiger partial charge is 0.326 e. The summed E-state index contributed by atoms with van der Waals surface area (Å²) in [6.07, 6.45) is 4.98. The Morgan fingerprint density at radius 2 is 1.97 bits per heavy atom. The lowest BCUT2D eigenvalue weighted by molar-refractivity contribution is 0.297. The predicted molar refractivity (Wildman–Crippen MR) is 118 cm³/mol. The maximum absolute atomic E-state index is 13.6. The zero-order valence-corrected chi connectivity index (χ0v) is 17.0. The van der Waals surface area contributed by atoms with Gasteiger partial charge in [-0.25, -0.2) is 4.39 Å². The number of nitrogens with one attached hydrogen (secondary N) is 1. The van der Waals surface area contributed by atoms with Crippen molar-refractivity contribution in [1.29, 1.82) is 5.26 Å². The van der Waals surface area contributed by atoms with E-state index in [4.69, 9.17) is 5.26 Å². The second-order valence-corrected chi connectivity index (χ2v) is 7.88. The summed E-state index contributed by atoms with van der Waals surface area (Å²) in [4.78, 5) is 17.6. The standard InChI is InChI=1S/C25H24FN3O/c1-17-13-21(26)14-24-23(17)15-22(28-25(24)30)3-2-10-29-11-8-20(9-12-29)19-6-4-18(16-27)5-7-19/h4-8,13-15H,2-3,9-12H2,1H3,(H,28,30). The maximum Gasteiger partial charge on any atom is 0.256 e. The molecule has 0 fully saturated rings. The van der Waals surface area contributed by atoms with Gasteiger partial charge in [-0.15, -0.1) is 0 Å². The highest BCUT2D eigenvalue weighted by Crippen LogP contribution is 2.23. The van der Waals surface area contributed by atoms with Crippen LogP contribution >= 0.6 is 0 Å². The molecule has 0 saturated heterocycles. The van der Waals surface area contributed by atoms with Crippen LogP contribution in [0.3, 0.4) is 0 Å². The molecule has 1 aliphatic heterocycles. The fourth-order valence-corrected chi connectivity index (χ4v) is 4.12. The van der Waals surface area contributed by atoms with Crippen molar-refractivity contribution in [3.8, 4) is 6.07 Å². The van der Waals surface area contributed by atoms with E-state index in [1.165, 1.54) is 23.3 Å². The van der Waals surface area contributed by atoms with Gasteiger partial charge in [0.15, 0.2) is 0 Å². The Morgan fingerprint density at radius 3 is 2.67 bits per heavy atom. The number of benzene rings is 2. The van der Waals surface area contributed by atoms with Crippen molar-refractivity contribution >= 4 is 16.3 Å². The van der Waals surface area contributed by atoms with Crippen LogP contribution in [0.15, 0.2) is 53.3 Å². The lowest BCUT2D eigenvalue weighted by Crippen LogP contribution is -2.29. The molecule has 0 radical (unpaired) electrons. The van der Waals surface area contributed by atoms with Crippen LogP contribution in [0.5, 0.6) is 0 Å². The summed E-state index contributed by atoms with van der Waals surface area (Å²) >= 11 is 0. The van der Waals surface area contributed by atoms with Gasteiger partial charge >= 0.3 is 0 Å². The first-order valence-corrected chi connectivity index (χ1v) is 10.3. The maximum atomic E-state index is 13.6. The number of fused-ring (bicyclic) bond motifs is 1. The van der Waals surface area contributed by atoms with Crippen molar-refractivity contribution in [2.45, 2.75) is 26.2 Å². The van der Waals surface area contributed by atoms with Crippen molar-refractivity contribution in [3.05, 3.63) is 87.1 Å². The van der Waals surface area contributed by atoms with E-state index in [0.29, 0.717) is 10.9 Å². The van der Waals surface area contributed by atoms with Crippen LogP contribution in [-0.4, -0.2) is 29.5 Å². The van der Waals surface area contributed by atoms with Gasteiger partial charge in [0.1, 0.15) is 5.82 Å². The molecule has 2 heterocycles. The predicted octanol–water partition coefficient (Wildman–Crippen LogP) is 4.57. The van der Waals surface area contributed by atoms with Crippen molar-refractivity contribution in [2.24, 2.45) is 0 Å². The van der Waals surface area contributed by atoms with Gasteiger partial charge in [-0.3, -0.25) is 9.69 Å². The molecule has 5 heteroatoms. The third-order valence-corrected chi connectivity index (χ3v) is 5.79. The number of aryl methyl sites for hydroxylation is 2. The van der Waals surface area contributed by atoms with Crippen molar-refractivity contribution < 1.29 is 4.39 Å². The van der Waals surface area contributed by atoms with Gasteiger partial charge in [0.2, 0.25) is 0 Å². The Bertz CT molecular complexity index is 1200. The summed E-state index contributed by atoms with van der Waals surface area (Å²) < 4.78 is 13.6. The molecule has 0 atom stereocenters. The van der Waals surface area contributed by atoms with E-state index in [1.54, 1.807) is 0 Å². The van der Waals surface area contributed by atoms with E-state index in [2.05, 4.69) is 22.0 Å². The molecule has 4 rings (SSSR count). The summed E-state index contributed by atoms with van der Waals surface area (Å²) in [6.45, 7) is 4.69. The van der Waals surface area contributed by atoms with Crippen LogP contribution < -0.4 is 5.56 Å². The highest BCUT2D eigenvalue weighted by Gasteiger charge is 2.13. The minimum absolute atomic E-state index is 0.224. The summed E-state index contributed by atoms with van der Waals surface area (Å²) in [5.74, 6) is -0.378. The summed E-state index contributed by atoms with van der Waals surface area (Å²) in [6, 6.07) is 14.7. The zero-order chi connectivity index (χ0) is 21.1. The SMILES string of the molecule is Cc1cc(F)cc2c(=O)[nH]c(CCCN3CC=C(c4ccc(C#N)cc4)CC3)cc12. The van der Waals surface area contributed by atoms with Crippen LogP contribution in [-0.2, 0) is 6.42 Å². The number of aromatic nitrogens is 1. The number of rotatable bonds is 5. The lowest BCUT2D eigenvalue weighted by Gasteiger charge is -2.26. The van der Waals surface area contributed by atoms with E-state index >= 15 is 0 Å². The summed E-state index contributed by atoms with van der Waals surface area (Å²) in [5, 5.41) is 10.2. The van der Waals surface area contributed by atoms with Crippen LogP contribution in [0.4, 0.5) is 4.39 Å². The molecular weight excluding hydrogens is 377 g/mol. The van der Waals surface area contributed by atoms with E-state index in [0.717, 1.165) is 55.5 Å². The highest BCUT2D eigenvalue weighted by atomic mass is 19.1. The van der Waals surface area contributed by atoms with E-state index in [1.807, 2.05) is 37.3 Å². The van der Waals surface area contributed by atoms with Gasteiger partial charge in [-0.2, -0.15) is 5.26 Å². The monoisotopic (exact) mass is 401 g/mol. The smallest absolute Gasteiger partial charge is 0.256 e. The number of hydrogen-bond donors (Lipinski definition) is 1. The molecule has 1 aromatic heterocycles. The third-order valence-electron chi connectivity index (χ3n) is 5.79. The number of pyridine rings is 1. The third kappa shape index (κ3) is 4.34. The normalized spacial score (nSPS) is 14.5. The first-order valence-electron chi connectivity index (χ1n) is 10.3. The fraction of sp³-hybridized carbons (Fsp3) is 0.280. The second kappa shape index (κ2) is 8.64. The molecule has 0 aliphatic carbocycles. The molecule has 1 N–H and O–H groups in total. The van der Waals surface area contributed by atoms with Crippen LogP contribution in [0.25, 0.3) is 16.3 Å². The van der Waals surface area contributed by atoms with Crippen LogP contribution in [0.1, 0.15) is 35.2 Å². The number of nitriles is 1. The van der Waals surface area contributed by atoms with E-state index < -0.39 is 0 Å². The van der Waals surface area contributed by atoms with Crippen molar-refractivity contribution in [2.75, 3.05) is 19.6 Å². The summed E-state index contributed by atoms with van der Waals surface area (Å²) in [7, 11) is 0. The average Bonchev–Trinajstić information content (AvgIpc) is 2.75. The molecule has 0 unspecified atom stereocenters. The molecule has 0 amide bonds. The Kier molecular flexibility index (Phi) is 5.78. The van der Waals surface area contributed by atoms with Gasteiger partial charge in [0.25, 0.3) is 5.56 Å².